The number of aromatic amines is 1. The van der Waals surface area contributed by atoms with Gasteiger partial charge < -0.3 is 15.7 Å². The minimum Gasteiger partial charge on any atom is -0.478 e. The molecule has 0 aliphatic heterocycles. The van der Waals surface area contributed by atoms with Crippen LogP contribution < -0.4 is 21.0 Å². The number of aromatic nitrogens is 3. The number of carbonyl (C=O) groups excluding carboxylic acids is 1. The summed E-state index contributed by atoms with van der Waals surface area (Å²) in [5, 5.41) is 13.7. The molecule has 0 bridgehead atoms. The maximum absolute atomic E-state index is 12.2. The lowest BCUT2D eigenvalue weighted by Crippen LogP contribution is -2.42. The largest absolute Gasteiger partial charge is 0.478 e. The van der Waals surface area contributed by atoms with Crippen LogP contribution in [0.4, 0.5) is 10.7 Å². The molecule has 0 unspecified atom stereocenters. The lowest BCUT2D eigenvalue weighted by molar-refractivity contribution is 0.0692. The molecular weight excluding hydrogens is 368 g/mol. The van der Waals surface area contributed by atoms with Gasteiger partial charge in [-0.3, -0.25) is 4.98 Å². The Morgan fingerprint density at radius 2 is 1.92 bits per heavy atom. The van der Waals surface area contributed by atoms with Gasteiger partial charge in [0.05, 0.1) is 12.2 Å². The molecule has 138 valence electrons. The van der Waals surface area contributed by atoms with E-state index in [2.05, 4.69) is 25.6 Å². The Morgan fingerprint density at radius 1 is 1.23 bits per heavy atom. The number of carboxylic acid groups (broad SMARTS) is 1. The molecule has 0 spiro atoms. The number of sulfonamides is 1. The average molecular weight is 382 g/mol. The molecule has 0 aliphatic carbocycles. The van der Waals surface area contributed by atoms with Crippen LogP contribution in [0.2, 0.25) is 0 Å². The van der Waals surface area contributed by atoms with Gasteiger partial charge in [-0.2, -0.15) is 4.98 Å². The molecule has 13 heteroatoms. The molecule has 1 aromatic heterocycles. The summed E-state index contributed by atoms with van der Waals surface area (Å²) in [4.78, 5) is 43.1. The summed E-state index contributed by atoms with van der Waals surface area (Å²) in [6.45, 7) is 1.24. The monoisotopic (exact) mass is 382 g/mol. The van der Waals surface area contributed by atoms with Crippen LogP contribution >= 0.6 is 0 Å². The quantitative estimate of drug-likeness (QED) is 0.400. The van der Waals surface area contributed by atoms with Gasteiger partial charge in [-0.15, -0.1) is 0 Å². The molecule has 0 atom stereocenters. The lowest BCUT2D eigenvalue weighted by Gasteiger charge is -2.11. The molecular formula is C13H14N6O6S. The predicted octanol–water partition coefficient (Wildman–Crippen LogP) is -0.771. The lowest BCUT2D eigenvalue weighted by atomic mass is 10.2. The number of carboxylic acids is 1. The van der Waals surface area contributed by atoms with Gasteiger partial charge in [0.15, 0.2) is 0 Å². The first-order chi connectivity index (χ1) is 12.2. The van der Waals surface area contributed by atoms with Gasteiger partial charge >= 0.3 is 17.7 Å². The fraction of sp³-hybridized carbons (Fsp3) is 0.154. The number of benzene rings is 1. The van der Waals surface area contributed by atoms with Crippen LogP contribution in [0.25, 0.3) is 0 Å². The van der Waals surface area contributed by atoms with Gasteiger partial charge in [0.1, 0.15) is 10.7 Å². The summed E-state index contributed by atoms with van der Waals surface area (Å²) in [5.41, 5.74) is -1.12. The summed E-state index contributed by atoms with van der Waals surface area (Å²) < 4.78 is 26.0. The minimum atomic E-state index is -4.40. The highest BCUT2D eigenvalue weighted by atomic mass is 32.2. The van der Waals surface area contributed by atoms with Crippen LogP contribution in [-0.4, -0.2) is 47.1 Å². The van der Waals surface area contributed by atoms with Crippen LogP contribution in [0.1, 0.15) is 16.2 Å². The first-order valence-corrected chi connectivity index (χ1v) is 8.49. The van der Waals surface area contributed by atoms with E-state index in [1.54, 1.807) is 4.72 Å². The molecule has 1 heterocycles. The van der Waals surface area contributed by atoms with E-state index < -0.39 is 38.2 Å². The first kappa shape index (κ1) is 18.9. The summed E-state index contributed by atoms with van der Waals surface area (Å²) >= 11 is 0. The summed E-state index contributed by atoms with van der Waals surface area (Å²) in [5.74, 6) is -1.22. The number of nitrogens with one attached hydrogen (secondary N) is 4. The van der Waals surface area contributed by atoms with Crippen molar-refractivity contribution >= 4 is 28.0 Å². The molecule has 0 saturated carbocycles. The fourth-order valence-corrected chi connectivity index (χ4v) is 2.99. The number of hydrogen-bond donors (Lipinski definition) is 5. The number of urea groups is 1. The van der Waals surface area contributed by atoms with Crippen molar-refractivity contribution in [1.29, 1.82) is 0 Å². The summed E-state index contributed by atoms with van der Waals surface area (Å²) in [6, 6.07) is 3.73. The van der Waals surface area contributed by atoms with E-state index in [1.165, 1.54) is 19.1 Å². The van der Waals surface area contributed by atoms with Crippen LogP contribution in [0, 0.1) is 6.92 Å². The number of nitrogens with zero attached hydrogens (tertiary/aromatic N) is 2. The van der Waals surface area contributed by atoms with E-state index in [0.29, 0.717) is 5.82 Å². The van der Waals surface area contributed by atoms with Gasteiger partial charge in [-0.25, -0.2) is 32.5 Å². The Bertz CT molecular complexity index is 1000. The van der Waals surface area contributed by atoms with Crippen LogP contribution in [0.15, 0.2) is 34.0 Å². The highest BCUT2D eigenvalue weighted by Crippen LogP contribution is 2.15. The molecule has 0 saturated heterocycles. The molecule has 12 nitrogen and oxygen atoms in total. The van der Waals surface area contributed by atoms with Crippen molar-refractivity contribution < 1.29 is 23.1 Å². The van der Waals surface area contributed by atoms with Gasteiger partial charge in [-0.05, 0) is 19.1 Å². The van der Waals surface area contributed by atoms with Gasteiger partial charge in [0.25, 0.3) is 10.0 Å². The van der Waals surface area contributed by atoms with Crippen LogP contribution in [-0.2, 0) is 10.0 Å². The zero-order valence-electron chi connectivity index (χ0n) is 13.3. The Kier molecular flexibility index (Phi) is 5.51. The number of amides is 2. The van der Waals surface area contributed by atoms with Crippen molar-refractivity contribution in [2.45, 2.75) is 11.8 Å². The number of carbonyl (C=O) groups is 2. The number of rotatable bonds is 6. The molecule has 0 aliphatic rings. The van der Waals surface area contributed by atoms with E-state index in [-0.39, 0.29) is 12.6 Å². The molecule has 2 amide bonds. The average Bonchev–Trinajstić information content (AvgIpc) is 2.53. The third-order valence-corrected chi connectivity index (χ3v) is 4.29. The van der Waals surface area contributed by atoms with E-state index in [0.717, 1.165) is 12.1 Å². The number of anilines is 1. The van der Waals surface area contributed by atoms with Crippen molar-refractivity contribution in [3.63, 3.8) is 0 Å². The van der Waals surface area contributed by atoms with E-state index in [4.69, 9.17) is 5.11 Å². The highest BCUT2D eigenvalue weighted by Gasteiger charge is 2.23. The number of aromatic carboxylic acids is 1. The molecule has 2 aromatic rings. The highest BCUT2D eigenvalue weighted by molar-refractivity contribution is 7.90. The van der Waals surface area contributed by atoms with Crippen molar-refractivity contribution in [3.8, 4) is 0 Å². The molecule has 26 heavy (non-hydrogen) atoms. The van der Waals surface area contributed by atoms with Crippen molar-refractivity contribution in [1.82, 2.24) is 25.0 Å². The first-order valence-electron chi connectivity index (χ1n) is 7.01. The molecule has 0 fully saturated rings. The third kappa shape index (κ3) is 4.76. The number of aryl methyl sites for hydroxylation is 1. The Hall–Kier alpha value is -3.48. The van der Waals surface area contributed by atoms with Gasteiger partial charge in [-0.1, -0.05) is 12.1 Å². The normalized spacial score (nSPS) is 10.8. The maximum atomic E-state index is 12.2. The number of H-pyrrole nitrogens is 1. The zero-order chi connectivity index (χ0) is 19.3. The van der Waals surface area contributed by atoms with E-state index in [1.807, 2.05) is 0 Å². The molecule has 1 aromatic carbocycles. The molecule has 2 rings (SSSR count). The smallest absolute Gasteiger partial charge is 0.349 e. The third-order valence-electron chi connectivity index (χ3n) is 2.90. The van der Waals surface area contributed by atoms with Gasteiger partial charge in [0.2, 0.25) is 5.95 Å². The minimum absolute atomic E-state index is 0.0642. The summed E-state index contributed by atoms with van der Waals surface area (Å²) in [6.07, 6.45) is 0. The SMILES string of the molecule is Cc1nc(NCNC(=O)NS(=O)(=O)c2ccccc2C(=O)O)nc(=O)[nH]1. The topological polar surface area (TPSA) is 183 Å². The van der Waals surface area contributed by atoms with E-state index in [9.17, 15) is 22.8 Å². The Morgan fingerprint density at radius 3 is 2.58 bits per heavy atom. The summed E-state index contributed by atoms with van der Waals surface area (Å²) in [7, 11) is -4.40. The standard InChI is InChI=1S/C13H14N6O6S/c1-7-16-11(18-13(23)17-7)14-6-15-12(22)19-26(24,25)9-5-3-2-4-8(9)10(20)21/h2-5H,6H2,1H3,(H,20,21)(H2,15,19,22)(H2,14,16,17,18,23). The second-order valence-corrected chi connectivity index (χ2v) is 6.48. The van der Waals surface area contributed by atoms with Crippen molar-refractivity contribution in [2.24, 2.45) is 0 Å². The maximum Gasteiger partial charge on any atom is 0.349 e. The fourth-order valence-electron chi connectivity index (χ4n) is 1.86. The zero-order valence-corrected chi connectivity index (χ0v) is 14.1. The molecule has 5 N–H and O–H groups in total. The number of hydrogen-bond acceptors (Lipinski definition) is 8. The van der Waals surface area contributed by atoms with Crippen molar-refractivity contribution in [3.05, 3.63) is 46.1 Å². The second kappa shape index (κ2) is 7.60. The van der Waals surface area contributed by atoms with Gasteiger partial charge in [0, 0.05) is 0 Å². The Labute approximate surface area is 146 Å². The van der Waals surface area contributed by atoms with Crippen molar-refractivity contribution in [2.75, 3.05) is 12.0 Å². The Balaban J connectivity index is 2.01. The molecule has 0 radical (unpaired) electrons. The van der Waals surface area contributed by atoms with E-state index >= 15 is 0 Å². The van der Waals surface area contributed by atoms with Crippen LogP contribution in [0.5, 0.6) is 0 Å². The second-order valence-electron chi connectivity index (χ2n) is 4.83. The predicted molar refractivity (Wildman–Crippen MR) is 88.1 cm³/mol. The van der Waals surface area contributed by atoms with Crippen LogP contribution in [0.3, 0.4) is 0 Å².